The average Bonchev–Trinajstić information content (AvgIpc) is 3.28. The molecule has 1 fully saturated rings. The van der Waals surface area contributed by atoms with Crippen LogP contribution in [-0.2, 0) is 14.3 Å². The van der Waals surface area contributed by atoms with Gasteiger partial charge in [-0.2, -0.15) is 0 Å². The van der Waals surface area contributed by atoms with E-state index in [1.54, 1.807) is 18.4 Å². The van der Waals surface area contributed by atoms with Crippen molar-refractivity contribution in [2.24, 2.45) is 0 Å². The largest absolute Gasteiger partial charge is 0.490 e. The van der Waals surface area contributed by atoms with Gasteiger partial charge in [-0.25, -0.2) is 4.79 Å². The first-order valence-corrected chi connectivity index (χ1v) is 9.00. The fraction of sp³-hybridized carbons (Fsp3) is 0.333. The van der Waals surface area contributed by atoms with E-state index in [0.717, 1.165) is 5.75 Å². The number of carbonyl (C=O) groups is 2. The number of thioether (sulfide) groups is 1. The van der Waals surface area contributed by atoms with Crippen LogP contribution in [0.5, 0.6) is 5.75 Å². The van der Waals surface area contributed by atoms with E-state index >= 15 is 0 Å². The van der Waals surface area contributed by atoms with E-state index in [-0.39, 0.29) is 24.5 Å². The van der Waals surface area contributed by atoms with E-state index in [4.69, 9.17) is 13.9 Å². The molecule has 25 heavy (non-hydrogen) atoms. The topological polar surface area (TPSA) is 69.0 Å². The molecule has 1 aromatic carbocycles. The number of ether oxygens (including phenoxy) is 2. The first-order chi connectivity index (χ1) is 12.2. The van der Waals surface area contributed by atoms with Gasteiger partial charge in [0.1, 0.15) is 36.1 Å². The minimum atomic E-state index is -0.616. The molecule has 7 heteroatoms. The van der Waals surface area contributed by atoms with Crippen LogP contribution in [0.25, 0.3) is 0 Å². The predicted octanol–water partition coefficient (Wildman–Crippen LogP) is 2.86. The van der Waals surface area contributed by atoms with Crippen LogP contribution < -0.4 is 4.74 Å². The highest BCUT2D eigenvalue weighted by atomic mass is 32.2. The van der Waals surface area contributed by atoms with E-state index < -0.39 is 12.0 Å². The molecular weight excluding hydrogens is 342 g/mol. The summed E-state index contributed by atoms with van der Waals surface area (Å²) in [6.45, 7) is 1.84. The maximum Gasteiger partial charge on any atom is 0.329 e. The minimum Gasteiger partial charge on any atom is -0.490 e. The Morgan fingerprint density at radius 3 is 2.68 bits per heavy atom. The third-order valence-electron chi connectivity index (χ3n) is 3.76. The first-order valence-electron chi connectivity index (χ1n) is 7.95. The summed E-state index contributed by atoms with van der Waals surface area (Å²) in [6, 6.07) is 12.3. The van der Waals surface area contributed by atoms with Crippen molar-refractivity contribution in [3.63, 3.8) is 0 Å². The molecule has 0 bridgehead atoms. The fourth-order valence-electron chi connectivity index (χ4n) is 2.64. The van der Waals surface area contributed by atoms with Gasteiger partial charge < -0.3 is 18.8 Å². The van der Waals surface area contributed by atoms with E-state index in [9.17, 15) is 9.59 Å². The number of nitrogens with zero attached hydrogens (tertiary/aromatic N) is 1. The second-order valence-corrected chi connectivity index (χ2v) is 6.59. The lowest BCUT2D eigenvalue weighted by Crippen LogP contribution is -2.43. The monoisotopic (exact) mass is 361 g/mol. The standard InChI is InChI=1S/C18H19NO5S/c1-13(20)19-15(12-25-17(19)16-8-5-9-23-16)18(21)24-11-10-22-14-6-3-2-4-7-14/h2-9,15,17H,10-12H2,1H3/t15-,17-/m1/s1. The molecular formula is C18H19NO5S. The molecule has 0 saturated carbocycles. The predicted molar refractivity (Wildman–Crippen MR) is 93.1 cm³/mol. The Bertz CT molecular complexity index is 704. The summed E-state index contributed by atoms with van der Waals surface area (Å²) in [5, 5.41) is -0.300. The number of benzene rings is 1. The summed E-state index contributed by atoms with van der Waals surface area (Å²) in [4.78, 5) is 25.9. The number of carbonyl (C=O) groups excluding carboxylic acids is 2. The highest BCUT2D eigenvalue weighted by molar-refractivity contribution is 7.99. The van der Waals surface area contributed by atoms with Crippen LogP contribution in [0, 0.1) is 0 Å². The number of furan rings is 1. The Balaban J connectivity index is 1.53. The van der Waals surface area contributed by atoms with Crippen molar-refractivity contribution in [3.05, 3.63) is 54.5 Å². The zero-order valence-electron chi connectivity index (χ0n) is 13.8. The molecule has 132 valence electrons. The van der Waals surface area contributed by atoms with E-state index in [1.807, 2.05) is 30.3 Å². The maximum absolute atomic E-state index is 12.4. The zero-order valence-corrected chi connectivity index (χ0v) is 14.6. The highest BCUT2D eigenvalue weighted by Gasteiger charge is 2.43. The van der Waals surface area contributed by atoms with Gasteiger partial charge >= 0.3 is 5.97 Å². The van der Waals surface area contributed by atoms with Gasteiger partial charge in [-0.15, -0.1) is 11.8 Å². The molecule has 1 aliphatic heterocycles. The van der Waals surface area contributed by atoms with Gasteiger partial charge in [0.05, 0.1) is 6.26 Å². The average molecular weight is 361 g/mol. The lowest BCUT2D eigenvalue weighted by molar-refractivity contribution is -0.154. The van der Waals surface area contributed by atoms with Gasteiger partial charge in [0, 0.05) is 12.7 Å². The van der Waals surface area contributed by atoms with Crippen LogP contribution >= 0.6 is 11.8 Å². The summed E-state index contributed by atoms with van der Waals surface area (Å²) >= 11 is 1.49. The van der Waals surface area contributed by atoms with Gasteiger partial charge in [0.15, 0.2) is 0 Å². The molecule has 2 aromatic rings. The van der Waals surface area contributed by atoms with E-state index in [2.05, 4.69) is 0 Å². The summed E-state index contributed by atoms with van der Waals surface area (Å²) in [5.74, 6) is 1.24. The highest BCUT2D eigenvalue weighted by Crippen LogP contribution is 2.41. The second kappa shape index (κ2) is 8.11. The third-order valence-corrected chi connectivity index (χ3v) is 5.05. The normalized spacial score (nSPS) is 19.6. The van der Waals surface area contributed by atoms with Crippen LogP contribution in [0.15, 0.2) is 53.1 Å². The summed E-state index contributed by atoms with van der Waals surface area (Å²) in [7, 11) is 0. The quantitative estimate of drug-likeness (QED) is 0.582. The Morgan fingerprint density at radius 2 is 2.00 bits per heavy atom. The van der Waals surface area contributed by atoms with Crippen LogP contribution in [0.1, 0.15) is 18.1 Å². The third kappa shape index (κ3) is 4.17. The summed E-state index contributed by atoms with van der Waals surface area (Å²) in [5.41, 5.74) is 0. The van der Waals surface area contributed by atoms with Gasteiger partial charge in [0.2, 0.25) is 5.91 Å². The number of para-hydroxylation sites is 1. The van der Waals surface area contributed by atoms with Crippen molar-refractivity contribution in [2.45, 2.75) is 18.3 Å². The van der Waals surface area contributed by atoms with Gasteiger partial charge in [0.25, 0.3) is 0 Å². The van der Waals surface area contributed by atoms with Crippen molar-refractivity contribution >= 4 is 23.6 Å². The molecule has 1 aromatic heterocycles. The molecule has 1 amide bonds. The van der Waals surface area contributed by atoms with Crippen molar-refractivity contribution < 1.29 is 23.5 Å². The Kier molecular flexibility index (Phi) is 5.65. The zero-order chi connectivity index (χ0) is 17.6. The molecule has 0 N–H and O–H groups in total. The van der Waals surface area contributed by atoms with Crippen molar-refractivity contribution in [1.29, 1.82) is 0 Å². The summed E-state index contributed by atoms with van der Waals surface area (Å²) in [6.07, 6.45) is 1.56. The van der Waals surface area contributed by atoms with E-state index in [0.29, 0.717) is 11.5 Å². The molecule has 2 atom stereocenters. The molecule has 0 unspecified atom stereocenters. The van der Waals surface area contributed by atoms with Crippen LogP contribution in [0.2, 0.25) is 0 Å². The Labute approximate surface area is 150 Å². The molecule has 0 radical (unpaired) electrons. The second-order valence-electron chi connectivity index (χ2n) is 5.47. The summed E-state index contributed by atoms with van der Waals surface area (Å²) < 4.78 is 16.2. The van der Waals surface area contributed by atoms with Gasteiger partial charge in [-0.3, -0.25) is 4.79 Å². The van der Waals surface area contributed by atoms with Crippen molar-refractivity contribution in [2.75, 3.05) is 19.0 Å². The van der Waals surface area contributed by atoms with E-state index in [1.165, 1.54) is 23.6 Å². The fourth-order valence-corrected chi connectivity index (χ4v) is 4.05. The number of hydrogen-bond acceptors (Lipinski definition) is 6. The molecule has 1 saturated heterocycles. The number of rotatable bonds is 6. The number of amides is 1. The first kappa shape index (κ1) is 17.4. The smallest absolute Gasteiger partial charge is 0.329 e. The van der Waals surface area contributed by atoms with Crippen molar-refractivity contribution in [3.8, 4) is 5.75 Å². The Morgan fingerprint density at radius 1 is 1.20 bits per heavy atom. The minimum absolute atomic E-state index is 0.131. The molecule has 3 rings (SSSR count). The maximum atomic E-state index is 12.4. The lowest BCUT2D eigenvalue weighted by atomic mass is 10.2. The molecule has 0 spiro atoms. The molecule has 2 heterocycles. The SMILES string of the molecule is CC(=O)N1[C@@H](C(=O)OCCOc2ccccc2)CS[C@@H]1c1ccco1. The molecule has 1 aliphatic rings. The van der Waals surface area contributed by atoms with Crippen molar-refractivity contribution in [1.82, 2.24) is 4.90 Å². The van der Waals surface area contributed by atoms with Crippen LogP contribution in [0.3, 0.4) is 0 Å². The molecule has 0 aliphatic carbocycles. The number of esters is 1. The van der Waals surface area contributed by atoms with Crippen LogP contribution in [0.4, 0.5) is 0 Å². The lowest BCUT2D eigenvalue weighted by Gasteiger charge is -2.25. The van der Waals surface area contributed by atoms with Crippen LogP contribution in [-0.4, -0.2) is 41.8 Å². The number of hydrogen-bond donors (Lipinski definition) is 0. The molecule has 6 nitrogen and oxygen atoms in total. The van der Waals surface area contributed by atoms with Gasteiger partial charge in [-0.05, 0) is 24.3 Å². The van der Waals surface area contributed by atoms with Gasteiger partial charge in [-0.1, -0.05) is 18.2 Å². The Hall–Kier alpha value is -2.41.